The Bertz CT molecular complexity index is 192. The van der Waals surface area contributed by atoms with Crippen LogP contribution in [0.5, 0.6) is 0 Å². The van der Waals surface area contributed by atoms with Crippen LogP contribution in [-0.2, 0) is 9.53 Å². The lowest BCUT2D eigenvalue weighted by Gasteiger charge is -2.04. The van der Waals surface area contributed by atoms with Crippen LogP contribution < -0.4 is 6.15 Å². The summed E-state index contributed by atoms with van der Waals surface area (Å²) in [5.41, 5.74) is 1.63. The van der Waals surface area contributed by atoms with Crippen LogP contribution in [0.1, 0.15) is 26.7 Å². The minimum absolute atomic E-state index is 0. The maximum Gasteiger partial charge on any atom is 0.333 e. The molecule has 0 atom stereocenters. The van der Waals surface area contributed by atoms with Gasteiger partial charge in [-0.2, -0.15) is 0 Å². The Kier molecular flexibility index (Phi) is 14.3. The maximum atomic E-state index is 11.0. The molecule has 0 amide bonds. The van der Waals surface area contributed by atoms with Crippen molar-refractivity contribution in [2.75, 3.05) is 13.7 Å². The van der Waals surface area contributed by atoms with Crippen LogP contribution in [0.2, 0.25) is 0 Å². The molecule has 0 bridgehead atoms. The van der Waals surface area contributed by atoms with Crippen LogP contribution in [-0.4, -0.2) is 24.8 Å². The highest BCUT2D eigenvalue weighted by Crippen LogP contribution is 2.10. The lowest BCUT2D eigenvalue weighted by molar-refractivity contribution is -0.136. The Labute approximate surface area is 91.3 Å². The van der Waals surface area contributed by atoms with E-state index < -0.39 is 0 Å². The van der Waals surface area contributed by atoms with Crippen LogP contribution in [0.25, 0.3) is 0 Å². The topological polar surface area (TPSA) is 81.5 Å². The fourth-order valence-corrected chi connectivity index (χ4v) is 0.859. The van der Waals surface area contributed by atoms with Gasteiger partial charge in [-0.3, -0.25) is 0 Å². The van der Waals surface area contributed by atoms with Gasteiger partial charge in [0.15, 0.2) is 0 Å². The normalized spacial score (nSPS) is 10.6. The van der Waals surface area contributed by atoms with E-state index in [-0.39, 0.29) is 31.1 Å². The highest BCUT2D eigenvalue weighted by Gasteiger charge is 2.06. The molecule has 0 aliphatic heterocycles. The number of esters is 1. The van der Waals surface area contributed by atoms with Crippen molar-refractivity contribution in [2.45, 2.75) is 26.7 Å². The van der Waals surface area contributed by atoms with Gasteiger partial charge in [-0.1, -0.05) is 5.57 Å². The molecular weight excluding hydrogens is 206 g/mol. The van der Waals surface area contributed by atoms with Gasteiger partial charge in [0.05, 0.1) is 7.11 Å². The van der Waals surface area contributed by atoms with Gasteiger partial charge in [-0.05, 0) is 26.7 Å². The number of aliphatic hydroxyl groups is 1. The van der Waals surface area contributed by atoms with Crippen LogP contribution in [0.3, 0.4) is 0 Å². The van der Waals surface area contributed by atoms with Crippen molar-refractivity contribution in [3.8, 4) is 0 Å². The van der Waals surface area contributed by atoms with Gasteiger partial charge < -0.3 is 16.0 Å². The van der Waals surface area contributed by atoms with Crippen molar-refractivity contribution >= 4 is 18.4 Å². The first-order valence-electron chi connectivity index (χ1n) is 3.99. The predicted octanol–water partition coefficient (Wildman–Crippen LogP) is 1.85. The summed E-state index contributed by atoms with van der Waals surface area (Å²) < 4.78 is 4.55. The Morgan fingerprint density at radius 3 is 2.21 bits per heavy atom. The van der Waals surface area contributed by atoms with E-state index in [0.29, 0.717) is 12.0 Å². The van der Waals surface area contributed by atoms with Gasteiger partial charge in [-0.15, -0.1) is 12.4 Å². The molecule has 0 aromatic carbocycles. The van der Waals surface area contributed by atoms with Crippen LogP contribution in [0.4, 0.5) is 0 Å². The molecule has 4 nitrogen and oxygen atoms in total. The molecule has 0 fully saturated rings. The summed E-state index contributed by atoms with van der Waals surface area (Å²) in [6.07, 6.45) is 1.44. The van der Waals surface area contributed by atoms with E-state index in [4.69, 9.17) is 5.11 Å². The van der Waals surface area contributed by atoms with Crippen LogP contribution in [0, 0.1) is 0 Å². The number of hydrogen-bond donors (Lipinski definition) is 2. The number of hydrogen-bond acceptors (Lipinski definition) is 4. The molecule has 0 aliphatic rings. The summed E-state index contributed by atoms with van der Waals surface area (Å²) in [4.78, 5) is 11.0. The summed E-state index contributed by atoms with van der Waals surface area (Å²) in [5, 5.41) is 8.55. The monoisotopic (exact) mass is 225 g/mol. The van der Waals surface area contributed by atoms with E-state index in [9.17, 15) is 4.79 Å². The minimum atomic E-state index is -0.287. The molecular formula is C9H20ClNO3. The highest BCUT2D eigenvalue weighted by molar-refractivity contribution is 5.88. The SMILES string of the molecule is COC(=O)C(C)=C(C)CCCO.Cl.N. The first kappa shape index (κ1) is 19.1. The van der Waals surface area contributed by atoms with Crippen molar-refractivity contribution in [1.82, 2.24) is 6.15 Å². The zero-order valence-corrected chi connectivity index (χ0v) is 9.82. The van der Waals surface area contributed by atoms with Crippen LogP contribution in [0.15, 0.2) is 11.1 Å². The second kappa shape index (κ2) is 10.5. The number of rotatable bonds is 4. The molecule has 0 radical (unpaired) electrons. The van der Waals surface area contributed by atoms with Gasteiger partial charge in [0.2, 0.25) is 0 Å². The van der Waals surface area contributed by atoms with Gasteiger partial charge in [0, 0.05) is 12.2 Å². The molecule has 0 unspecified atom stereocenters. The zero-order chi connectivity index (χ0) is 9.56. The Morgan fingerprint density at radius 2 is 1.86 bits per heavy atom. The molecule has 0 rings (SSSR count). The molecule has 5 heteroatoms. The molecule has 86 valence electrons. The minimum Gasteiger partial charge on any atom is -0.466 e. The smallest absolute Gasteiger partial charge is 0.333 e. The Hall–Kier alpha value is -0.580. The van der Waals surface area contributed by atoms with Crippen molar-refractivity contribution in [3.05, 3.63) is 11.1 Å². The van der Waals surface area contributed by atoms with Crippen LogP contribution >= 0.6 is 12.4 Å². The number of halogens is 1. The quantitative estimate of drug-likeness (QED) is 0.565. The Balaban J connectivity index is -0.000000605. The lowest BCUT2D eigenvalue weighted by atomic mass is 10.1. The molecule has 0 saturated heterocycles. The average molecular weight is 226 g/mol. The molecule has 0 aromatic heterocycles. The molecule has 14 heavy (non-hydrogen) atoms. The van der Waals surface area contributed by atoms with E-state index in [1.165, 1.54) is 7.11 Å². The van der Waals surface area contributed by atoms with Gasteiger partial charge in [0.1, 0.15) is 0 Å². The third kappa shape index (κ3) is 6.88. The van der Waals surface area contributed by atoms with E-state index in [0.717, 1.165) is 12.0 Å². The largest absolute Gasteiger partial charge is 0.466 e. The van der Waals surface area contributed by atoms with Crippen molar-refractivity contribution in [2.24, 2.45) is 0 Å². The lowest BCUT2D eigenvalue weighted by Crippen LogP contribution is -2.04. The average Bonchev–Trinajstić information content (AvgIpc) is 2.11. The fourth-order valence-electron chi connectivity index (χ4n) is 0.859. The highest BCUT2D eigenvalue weighted by atomic mass is 35.5. The van der Waals surface area contributed by atoms with Crippen molar-refractivity contribution in [3.63, 3.8) is 0 Å². The number of methoxy groups -OCH3 is 1. The van der Waals surface area contributed by atoms with Gasteiger partial charge >= 0.3 is 5.97 Å². The van der Waals surface area contributed by atoms with E-state index in [1.54, 1.807) is 6.92 Å². The molecule has 0 heterocycles. The molecule has 0 aliphatic carbocycles. The fraction of sp³-hybridized carbons (Fsp3) is 0.667. The second-order valence-corrected chi connectivity index (χ2v) is 2.72. The van der Waals surface area contributed by atoms with E-state index in [2.05, 4.69) is 4.74 Å². The van der Waals surface area contributed by atoms with E-state index in [1.807, 2.05) is 6.92 Å². The van der Waals surface area contributed by atoms with Crippen molar-refractivity contribution < 1.29 is 14.6 Å². The van der Waals surface area contributed by atoms with E-state index >= 15 is 0 Å². The number of carbonyl (C=O) groups excluding carboxylic acids is 1. The predicted molar refractivity (Wildman–Crippen MR) is 59.0 cm³/mol. The molecule has 4 N–H and O–H groups in total. The number of ether oxygens (including phenoxy) is 1. The molecule has 0 spiro atoms. The van der Waals surface area contributed by atoms with Gasteiger partial charge in [0.25, 0.3) is 0 Å². The maximum absolute atomic E-state index is 11.0. The standard InChI is InChI=1S/C9H16O3.ClH.H3N/c1-7(5-4-6-10)8(2)9(11)12-3;;/h10H,4-6H2,1-3H3;1H;1H3. The summed E-state index contributed by atoms with van der Waals surface area (Å²) in [6, 6.07) is 0. The zero-order valence-electron chi connectivity index (χ0n) is 9.00. The molecule has 0 aromatic rings. The summed E-state index contributed by atoms with van der Waals surface area (Å²) >= 11 is 0. The third-order valence-electron chi connectivity index (χ3n) is 1.84. The first-order chi connectivity index (χ1) is 5.63. The Morgan fingerprint density at radius 1 is 1.36 bits per heavy atom. The first-order valence-corrected chi connectivity index (χ1v) is 3.99. The summed E-state index contributed by atoms with van der Waals surface area (Å²) in [6.45, 7) is 3.77. The number of carbonyl (C=O) groups is 1. The van der Waals surface area contributed by atoms with Gasteiger partial charge in [-0.25, -0.2) is 4.79 Å². The van der Waals surface area contributed by atoms with Crippen molar-refractivity contribution in [1.29, 1.82) is 0 Å². The second-order valence-electron chi connectivity index (χ2n) is 2.72. The third-order valence-corrected chi connectivity index (χ3v) is 1.84. The summed E-state index contributed by atoms with van der Waals surface area (Å²) in [5.74, 6) is -0.287. The summed E-state index contributed by atoms with van der Waals surface area (Å²) in [7, 11) is 1.37. The molecule has 0 saturated carbocycles. The number of allylic oxidation sites excluding steroid dienone is 1. The number of aliphatic hydroxyl groups excluding tert-OH is 1.